The van der Waals surface area contributed by atoms with Gasteiger partial charge in [0.2, 0.25) is 0 Å². The SMILES string of the molecule is COC(=O)c1nnc(NCc2nc(-c3ccccn3)n[nH]2)c2ccccc12. The number of pyridine rings is 1. The van der Waals surface area contributed by atoms with Gasteiger partial charge in [-0.1, -0.05) is 30.3 Å². The minimum atomic E-state index is -0.527. The summed E-state index contributed by atoms with van der Waals surface area (Å²) in [6, 6.07) is 12.9. The fourth-order valence-corrected chi connectivity index (χ4v) is 2.63. The Balaban J connectivity index is 1.58. The molecule has 9 heteroatoms. The molecule has 0 aliphatic rings. The lowest BCUT2D eigenvalue weighted by Gasteiger charge is -2.09. The number of H-pyrrole nitrogens is 1. The van der Waals surface area contributed by atoms with Gasteiger partial charge in [0.1, 0.15) is 11.5 Å². The number of rotatable bonds is 5. The first-order chi connectivity index (χ1) is 13.3. The first-order valence-electron chi connectivity index (χ1n) is 8.16. The Bertz CT molecular complexity index is 1100. The fraction of sp³-hybridized carbons (Fsp3) is 0.111. The number of nitrogens with one attached hydrogen (secondary N) is 2. The zero-order chi connectivity index (χ0) is 18.6. The second kappa shape index (κ2) is 7.16. The van der Waals surface area contributed by atoms with E-state index < -0.39 is 5.97 Å². The summed E-state index contributed by atoms with van der Waals surface area (Å²) in [5, 5.41) is 19.8. The van der Waals surface area contributed by atoms with Crippen LogP contribution in [0.2, 0.25) is 0 Å². The van der Waals surface area contributed by atoms with Gasteiger partial charge in [-0.15, -0.1) is 10.2 Å². The minimum Gasteiger partial charge on any atom is -0.464 e. The van der Waals surface area contributed by atoms with E-state index in [2.05, 4.69) is 35.7 Å². The number of aromatic amines is 1. The van der Waals surface area contributed by atoms with Crippen molar-refractivity contribution in [1.29, 1.82) is 0 Å². The number of carbonyl (C=O) groups is 1. The standard InChI is InChI=1S/C18H15N7O2/c1-27-18(26)15-11-6-2-3-7-12(11)16(24-23-15)20-10-14-21-17(25-22-14)13-8-4-5-9-19-13/h2-9H,10H2,1H3,(H,20,24)(H,21,22,25). The summed E-state index contributed by atoms with van der Waals surface area (Å²) in [5.74, 6) is 1.15. The molecule has 0 unspecified atom stereocenters. The summed E-state index contributed by atoms with van der Waals surface area (Å²) in [5.41, 5.74) is 0.864. The highest BCUT2D eigenvalue weighted by Crippen LogP contribution is 2.23. The number of ether oxygens (including phenoxy) is 1. The van der Waals surface area contributed by atoms with Gasteiger partial charge in [0.05, 0.1) is 13.7 Å². The van der Waals surface area contributed by atoms with E-state index in [4.69, 9.17) is 4.74 Å². The number of methoxy groups -OCH3 is 1. The molecular formula is C18H15N7O2. The van der Waals surface area contributed by atoms with E-state index in [0.29, 0.717) is 35.1 Å². The van der Waals surface area contributed by atoms with E-state index in [9.17, 15) is 4.79 Å². The van der Waals surface area contributed by atoms with Gasteiger partial charge in [0, 0.05) is 17.0 Å². The van der Waals surface area contributed by atoms with Crippen LogP contribution in [0, 0.1) is 0 Å². The molecular weight excluding hydrogens is 346 g/mol. The summed E-state index contributed by atoms with van der Waals surface area (Å²) in [6.07, 6.45) is 1.69. The van der Waals surface area contributed by atoms with Crippen molar-refractivity contribution in [1.82, 2.24) is 30.4 Å². The molecule has 0 radical (unpaired) electrons. The van der Waals surface area contributed by atoms with Crippen LogP contribution in [0.3, 0.4) is 0 Å². The van der Waals surface area contributed by atoms with Crippen LogP contribution in [0.1, 0.15) is 16.3 Å². The lowest BCUT2D eigenvalue weighted by atomic mass is 10.1. The van der Waals surface area contributed by atoms with Gasteiger partial charge in [-0.05, 0) is 12.1 Å². The van der Waals surface area contributed by atoms with Crippen LogP contribution in [0.15, 0.2) is 48.7 Å². The van der Waals surface area contributed by atoms with Crippen molar-refractivity contribution < 1.29 is 9.53 Å². The van der Waals surface area contributed by atoms with Gasteiger partial charge >= 0.3 is 5.97 Å². The average molecular weight is 361 g/mol. The summed E-state index contributed by atoms with van der Waals surface area (Å²) in [4.78, 5) is 20.5. The van der Waals surface area contributed by atoms with Crippen LogP contribution in [0.25, 0.3) is 22.3 Å². The van der Waals surface area contributed by atoms with E-state index in [1.54, 1.807) is 12.3 Å². The molecule has 0 fully saturated rings. The van der Waals surface area contributed by atoms with Crippen LogP contribution in [-0.2, 0) is 11.3 Å². The van der Waals surface area contributed by atoms with Crippen molar-refractivity contribution in [2.45, 2.75) is 6.54 Å². The number of esters is 1. The molecule has 3 aromatic heterocycles. The number of hydrogen-bond acceptors (Lipinski definition) is 8. The second-order valence-electron chi connectivity index (χ2n) is 5.61. The molecule has 0 aliphatic carbocycles. The third-order valence-electron chi connectivity index (χ3n) is 3.92. The molecule has 0 spiro atoms. The molecule has 0 amide bonds. The topological polar surface area (TPSA) is 119 Å². The lowest BCUT2D eigenvalue weighted by molar-refractivity contribution is 0.0595. The Labute approximate surface area is 153 Å². The third kappa shape index (κ3) is 3.30. The van der Waals surface area contributed by atoms with Gasteiger partial charge in [-0.2, -0.15) is 5.10 Å². The molecule has 27 heavy (non-hydrogen) atoms. The molecule has 9 nitrogen and oxygen atoms in total. The van der Waals surface area contributed by atoms with E-state index in [1.807, 2.05) is 36.4 Å². The predicted octanol–water partition coefficient (Wildman–Crippen LogP) is 2.21. The monoisotopic (exact) mass is 361 g/mol. The number of fused-ring (bicyclic) bond motifs is 1. The maximum absolute atomic E-state index is 11.9. The van der Waals surface area contributed by atoms with Crippen LogP contribution >= 0.6 is 0 Å². The van der Waals surface area contributed by atoms with E-state index in [0.717, 1.165) is 5.39 Å². The minimum absolute atomic E-state index is 0.177. The van der Waals surface area contributed by atoms with Crippen molar-refractivity contribution in [3.63, 3.8) is 0 Å². The van der Waals surface area contributed by atoms with Crippen LogP contribution in [-0.4, -0.2) is 43.4 Å². The number of hydrogen-bond donors (Lipinski definition) is 2. The largest absolute Gasteiger partial charge is 0.464 e. The van der Waals surface area contributed by atoms with Gasteiger partial charge < -0.3 is 10.1 Å². The van der Waals surface area contributed by atoms with E-state index in [1.165, 1.54) is 7.11 Å². The molecule has 4 aromatic rings. The normalized spacial score (nSPS) is 10.7. The Kier molecular flexibility index (Phi) is 4.40. The van der Waals surface area contributed by atoms with E-state index >= 15 is 0 Å². The van der Waals surface area contributed by atoms with Crippen molar-refractivity contribution in [2.75, 3.05) is 12.4 Å². The molecule has 3 heterocycles. The van der Waals surface area contributed by atoms with Crippen LogP contribution in [0.5, 0.6) is 0 Å². The van der Waals surface area contributed by atoms with Gasteiger partial charge in [0.25, 0.3) is 0 Å². The highest BCUT2D eigenvalue weighted by atomic mass is 16.5. The average Bonchev–Trinajstić information content (AvgIpc) is 3.21. The molecule has 0 aliphatic heterocycles. The number of nitrogens with zero attached hydrogens (tertiary/aromatic N) is 5. The molecule has 2 N–H and O–H groups in total. The predicted molar refractivity (Wildman–Crippen MR) is 97.8 cm³/mol. The Morgan fingerprint density at radius 3 is 2.70 bits per heavy atom. The van der Waals surface area contributed by atoms with Gasteiger partial charge in [-0.25, -0.2) is 9.78 Å². The first kappa shape index (κ1) is 16.6. The van der Waals surface area contributed by atoms with Crippen molar-refractivity contribution in [3.8, 4) is 11.5 Å². The zero-order valence-electron chi connectivity index (χ0n) is 14.4. The van der Waals surface area contributed by atoms with Crippen LogP contribution < -0.4 is 5.32 Å². The Morgan fingerprint density at radius 1 is 1.11 bits per heavy atom. The number of carbonyl (C=O) groups excluding carboxylic acids is 1. The Morgan fingerprint density at radius 2 is 1.93 bits per heavy atom. The van der Waals surface area contributed by atoms with Crippen molar-refractivity contribution in [2.24, 2.45) is 0 Å². The maximum Gasteiger partial charge on any atom is 0.359 e. The van der Waals surface area contributed by atoms with Crippen molar-refractivity contribution >= 4 is 22.6 Å². The number of benzene rings is 1. The summed E-state index contributed by atoms with van der Waals surface area (Å²) in [6.45, 7) is 0.357. The molecule has 0 atom stereocenters. The second-order valence-corrected chi connectivity index (χ2v) is 5.61. The highest BCUT2D eigenvalue weighted by Gasteiger charge is 2.16. The first-order valence-corrected chi connectivity index (χ1v) is 8.16. The molecule has 1 aromatic carbocycles. The molecule has 4 rings (SSSR count). The number of aromatic nitrogens is 6. The van der Waals surface area contributed by atoms with Crippen molar-refractivity contribution in [3.05, 3.63) is 60.2 Å². The zero-order valence-corrected chi connectivity index (χ0v) is 14.4. The fourth-order valence-electron chi connectivity index (χ4n) is 2.63. The quantitative estimate of drug-likeness (QED) is 0.519. The van der Waals surface area contributed by atoms with E-state index in [-0.39, 0.29) is 5.69 Å². The maximum atomic E-state index is 11.9. The molecule has 0 bridgehead atoms. The Hall–Kier alpha value is -3.88. The third-order valence-corrected chi connectivity index (χ3v) is 3.92. The summed E-state index contributed by atoms with van der Waals surface area (Å²) < 4.78 is 4.77. The van der Waals surface area contributed by atoms with Gasteiger partial charge in [-0.3, -0.25) is 10.1 Å². The summed E-state index contributed by atoms with van der Waals surface area (Å²) >= 11 is 0. The lowest BCUT2D eigenvalue weighted by Crippen LogP contribution is -2.10. The molecule has 0 saturated carbocycles. The van der Waals surface area contributed by atoms with Gasteiger partial charge in [0.15, 0.2) is 17.3 Å². The number of anilines is 1. The van der Waals surface area contributed by atoms with Crippen LogP contribution in [0.4, 0.5) is 5.82 Å². The summed E-state index contributed by atoms with van der Waals surface area (Å²) in [7, 11) is 1.31. The highest BCUT2D eigenvalue weighted by molar-refractivity contribution is 6.05. The smallest absolute Gasteiger partial charge is 0.359 e. The molecule has 134 valence electrons. The molecule has 0 saturated heterocycles.